The zero-order valence-electron chi connectivity index (χ0n) is 11.1. The second-order valence-electron chi connectivity index (χ2n) is 4.51. The minimum absolute atomic E-state index is 0.353. The molecule has 0 aliphatic carbocycles. The highest BCUT2D eigenvalue weighted by Crippen LogP contribution is 2.19. The summed E-state index contributed by atoms with van der Waals surface area (Å²) in [5.41, 5.74) is 1.65. The van der Waals surface area contributed by atoms with Gasteiger partial charge in [0.25, 0.3) is 0 Å². The van der Waals surface area contributed by atoms with Crippen molar-refractivity contribution in [2.45, 2.75) is 6.54 Å². The molecule has 6 heteroatoms. The van der Waals surface area contributed by atoms with Gasteiger partial charge in [0, 0.05) is 31.9 Å². The van der Waals surface area contributed by atoms with Crippen LogP contribution in [0.1, 0.15) is 5.69 Å². The lowest BCUT2D eigenvalue weighted by Gasteiger charge is -2.13. The van der Waals surface area contributed by atoms with Gasteiger partial charge in [-0.1, -0.05) is 11.6 Å². The van der Waals surface area contributed by atoms with Crippen LogP contribution in [0, 0.1) is 5.82 Å². The van der Waals surface area contributed by atoms with Crippen LogP contribution in [-0.4, -0.2) is 23.6 Å². The Balaban J connectivity index is 2.10. The summed E-state index contributed by atoms with van der Waals surface area (Å²) in [5.74, 6) is 0.517. The van der Waals surface area contributed by atoms with E-state index in [1.54, 1.807) is 12.3 Å². The van der Waals surface area contributed by atoms with Crippen LogP contribution in [0.25, 0.3) is 0 Å². The number of nitrogens with one attached hydrogen (secondary N) is 1. The van der Waals surface area contributed by atoms with E-state index in [0.717, 1.165) is 11.6 Å². The van der Waals surface area contributed by atoms with Gasteiger partial charge in [-0.05, 0) is 18.2 Å². The minimum atomic E-state index is -0.353. The van der Waals surface area contributed by atoms with Crippen LogP contribution < -0.4 is 10.2 Å². The fourth-order valence-electron chi connectivity index (χ4n) is 1.86. The van der Waals surface area contributed by atoms with Crippen LogP contribution in [0.15, 0.2) is 24.4 Å². The van der Waals surface area contributed by atoms with Gasteiger partial charge in [0.1, 0.15) is 5.82 Å². The SMILES string of the molecule is CN(C)c1ncc(CNc2cc(F)cc(Cl)c2)n1C. The summed E-state index contributed by atoms with van der Waals surface area (Å²) in [4.78, 5) is 6.24. The Bertz CT molecular complexity index is 560. The first kappa shape index (κ1) is 13.7. The number of nitrogens with zero attached hydrogens (tertiary/aromatic N) is 3. The molecule has 2 aromatic rings. The zero-order valence-corrected chi connectivity index (χ0v) is 11.9. The molecule has 102 valence electrons. The molecule has 0 saturated carbocycles. The first-order valence-electron chi connectivity index (χ1n) is 5.85. The van der Waals surface area contributed by atoms with Crippen LogP contribution in [0.3, 0.4) is 0 Å². The Kier molecular flexibility index (Phi) is 3.95. The average molecular weight is 283 g/mol. The maximum Gasteiger partial charge on any atom is 0.204 e. The van der Waals surface area contributed by atoms with Gasteiger partial charge in [-0.25, -0.2) is 9.37 Å². The van der Waals surface area contributed by atoms with E-state index >= 15 is 0 Å². The van der Waals surface area contributed by atoms with E-state index in [1.807, 2.05) is 30.6 Å². The fraction of sp³-hybridized carbons (Fsp3) is 0.308. The van der Waals surface area contributed by atoms with Crippen molar-refractivity contribution in [1.82, 2.24) is 9.55 Å². The smallest absolute Gasteiger partial charge is 0.204 e. The maximum absolute atomic E-state index is 13.2. The van der Waals surface area contributed by atoms with E-state index < -0.39 is 0 Å². The Hall–Kier alpha value is -1.75. The van der Waals surface area contributed by atoms with Gasteiger partial charge in [-0.15, -0.1) is 0 Å². The standard InChI is InChI=1S/C13H16ClFN4/c1-18(2)13-17-8-12(19(13)3)7-16-11-5-9(14)4-10(15)6-11/h4-6,8,16H,7H2,1-3H3. The van der Waals surface area contributed by atoms with E-state index in [-0.39, 0.29) is 5.82 Å². The average Bonchev–Trinajstić information content (AvgIpc) is 2.67. The number of anilines is 2. The number of hydrogen-bond donors (Lipinski definition) is 1. The summed E-state index contributed by atoms with van der Waals surface area (Å²) in [6.07, 6.45) is 1.79. The van der Waals surface area contributed by atoms with Gasteiger partial charge in [0.15, 0.2) is 0 Å². The zero-order chi connectivity index (χ0) is 14.0. The van der Waals surface area contributed by atoms with Crippen LogP contribution in [0.5, 0.6) is 0 Å². The monoisotopic (exact) mass is 282 g/mol. The molecule has 0 fully saturated rings. The predicted octanol–water partition coefficient (Wildman–Crippen LogP) is 2.89. The molecular weight excluding hydrogens is 267 g/mol. The number of benzene rings is 1. The maximum atomic E-state index is 13.2. The van der Waals surface area contributed by atoms with E-state index in [0.29, 0.717) is 17.3 Å². The highest BCUT2D eigenvalue weighted by Gasteiger charge is 2.08. The van der Waals surface area contributed by atoms with Crippen LogP contribution in [0.4, 0.5) is 16.0 Å². The van der Waals surface area contributed by atoms with Gasteiger partial charge < -0.3 is 14.8 Å². The molecule has 2 rings (SSSR count). The van der Waals surface area contributed by atoms with Crippen LogP contribution >= 0.6 is 11.6 Å². The van der Waals surface area contributed by atoms with E-state index in [1.165, 1.54) is 12.1 Å². The summed E-state index contributed by atoms with van der Waals surface area (Å²) in [6, 6.07) is 4.38. The van der Waals surface area contributed by atoms with Crippen molar-refractivity contribution in [3.05, 3.63) is 40.9 Å². The summed E-state index contributed by atoms with van der Waals surface area (Å²) < 4.78 is 15.2. The quantitative estimate of drug-likeness (QED) is 0.936. The second kappa shape index (κ2) is 5.48. The molecule has 0 aliphatic rings. The highest BCUT2D eigenvalue weighted by atomic mass is 35.5. The van der Waals surface area contributed by atoms with Gasteiger partial charge >= 0.3 is 0 Å². The first-order valence-corrected chi connectivity index (χ1v) is 6.23. The van der Waals surface area contributed by atoms with E-state index in [4.69, 9.17) is 11.6 Å². The third-order valence-electron chi connectivity index (χ3n) is 2.80. The molecule has 0 aliphatic heterocycles. The molecular formula is C13H16ClFN4. The van der Waals surface area contributed by atoms with E-state index in [2.05, 4.69) is 10.3 Å². The molecule has 0 radical (unpaired) electrons. The normalized spacial score (nSPS) is 10.6. The van der Waals surface area contributed by atoms with Crippen molar-refractivity contribution >= 4 is 23.2 Å². The van der Waals surface area contributed by atoms with Crippen LogP contribution in [-0.2, 0) is 13.6 Å². The first-order chi connectivity index (χ1) is 8.97. The van der Waals surface area contributed by atoms with Crippen molar-refractivity contribution in [2.24, 2.45) is 7.05 Å². The largest absolute Gasteiger partial charge is 0.379 e. The number of aromatic nitrogens is 2. The Morgan fingerprint density at radius 3 is 2.68 bits per heavy atom. The lowest BCUT2D eigenvalue weighted by atomic mass is 10.3. The van der Waals surface area contributed by atoms with Gasteiger partial charge in [0.2, 0.25) is 5.95 Å². The van der Waals surface area contributed by atoms with E-state index in [9.17, 15) is 4.39 Å². The molecule has 4 nitrogen and oxygen atoms in total. The lowest BCUT2D eigenvalue weighted by molar-refractivity contribution is 0.628. The van der Waals surface area contributed by atoms with Gasteiger partial charge in [-0.3, -0.25) is 0 Å². The van der Waals surface area contributed by atoms with Crippen molar-refractivity contribution < 1.29 is 4.39 Å². The summed E-state index contributed by atoms with van der Waals surface area (Å²) in [6.45, 7) is 0.553. The third-order valence-corrected chi connectivity index (χ3v) is 3.01. The number of halogens is 2. The number of rotatable bonds is 4. The second-order valence-corrected chi connectivity index (χ2v) is 4.95. The number of hydrogen-bond acceptors (Lipinski definition) is 3. The fourth-order valence-corrected chi connectivity index (χ4v) is 2.08. The summed E-state index contributed by atoms with van der Waals surface area (Å²) in [7, 11) is 5.82. The van der Waals surface area contributed by atoms with Crippen molar-refractivity contribution in [1.29, 1.82) is 0 Å². The van der Waals surface area contributed by atoms with Crippen molar-refractivity contribution in [2.75, 3.05) is 24.3 Å². The molecule has 1 heterocycles. The molecule has 1 aromatic carbocycles. The topological polar surface area (TPSA) is 33.1 Å². The minimum Gasteiger partial charge on any atom is -0.379 e. The molecule has 0 atom stereocenters. The molecule has 0 amide bonds. The molecule has 0 unspecified atom stereocenters. The molecule has 0 bridgehead atoms. The summed E-state index contributed by atoms with van der Waals surface area (Å²) >= 11 is 5.80. The molecule has 1 aromatic heterocycles. The number of imidazole rings is 1. The Morgan fingerprint density at radius 1 is 1.37 bits per heavy atom. The Morgan fingerprint density at radius 2 is 2.11 bits per heavy atom. The van der Waals surface area contributed by atoms with Crippen molar-refractivity contribution in [3.63, 3.8) is 0 Å². The van der Waals surface area contributed by atoms with Crippen LogP contribution in [0.2, 0.25) is 5.02 Å². The van der Waals surface area contributed by atoms with Gasteiger partial charge in [0.05, 0.1) is 18.4 Å². The lowest BCUT2D eigenvalue weighted by Crippen LogP contribution is -2.15. The molecule has 0 saturated heterocycles. The molecule has 19 heavy (non-hydrogen) atoms. The van der Waals surface area contributed by atoms with Crippen molar-refractivity contribution in [3.8, 4) is 0 Å². The summed E-state index contributed by atoms with van der Waals surface area (Å²) in [5, 5.41) is 3.51. The Labute approximate surface area is 116 Å². The molecule has 1 N–H and O–H groups in total. The van der Waals surface area contributed by atoms with Gasteiger partial charge in [-0.2, -0.15) is 0 Å². The third kappa shape index (κ3) is 3.17. The predicted molar refractivity (Wildman–Crippen MR) is 76.3 cm³/mol. The highest BCUT2D eigenvalue weighted by molar-refractivity contribution is 6.30. The molecule has 0 spiro atoms.